The van der Waals surface area contributed by atoms with Gasteiger partial charge in [-0.3, -0.25) is 0 Å². The zero-order chi connectivity index (χ0) is 13.2. The van der Waals surface area contributed by atoms with Crippen LogP contribution in [0.15, 0.2) is 30.3 Å². The predicted octanol–water partition coefficient (Wildman–Crippen LogP) is 3.87. The fourth-order valence-electron chi connectivity index (χ4n) is 1.84. The van der Waals surface area contributed by atoms with E-state index in [9.17, 15) is 0 Å². The maximum absolute atomic E-state index is 5.83. The molecule has 0 heterocycles. The molecule has 0 spiro atoms. The number of hydrogen-bond acceptors (Lipinski definition) is 2. The Hall–Kier alpha value is -1.02. The van der Waals surface area contributed by atoms with E-state index in [1.165, 1.54) is 19.3 Å². The Balaban J connectivity index is 2.35. The summed E-state index contributed by atoms with van der Waals surface area (Å²) in [7, 11) is 0. The van der Waals surface area contributed by atoms with Gasteiger partial charge >= 0.3 is 0 Å². The Bertz CT molecular complexity index is 297. The lowest BCUT2D eigenvalue weighted by Gasteiger charge is -2.20. The SMILES string of the molecule is CCCNC(CCC(C)C)COc1ccccc1. The largest absolute Gasteiger partial charge is 0.492 e. The summed E-state index contributed by atoms with van der Waals surface area (Å²) in [5.41, 5.74) is 0. The molecule has 102 valence electrons. The average molecular weight is 249 g/mol. The monoisotopic (exact) mass is 249 g/mol. The second-order valence-electron chi connectivity index (χ2n) is 5.25. The molecule has 1 unspecified atom stereocenters. The van der Waals surface area contributed by atoms with E-state index in [-0.39, 0.29) is 0 Å². The van der Waals surface area contributed by atoms with Crippen LogP contribution in [0, 0.1) is 5.92 Å². The van der Waals surface area contributed by atoms with Crippen LogP contribution in [0.1, 0.15) is 40.0 Å². The number of rotatable bonds is 9. The van der Waals surface area contributed by atoms with Crippen molar-refractivity contribution >= 4 is 0 Å². The van der Waals surface area contributed by atoms with Gasteiger partial charge in [0.25, 0.3) is 0 Å². The van der Waals surface area contributed by atoms with Gasteiger partial charge in [0.1, 0.15) is 12.4 Å². The zero-order valence-electron chi connectivity index (χ0n) is 12.0. The molecule has 0 amide bonds. The molecule has 1 rings (SSSR count). The Kier molecular flexibility index (Phi) is 7.51. The second-order valence-corrected chi connectivity index (χ2v) is 5.25. The first kappa shape index (κ1) is 15.0. The summed E-state index contributed by atoms with van der Waals surface area (Å²) in [4.78, 5) is 0. The molecule has 0 aliphatic heterocycles. The summed E-state index contributed by atoms with van der Waals surface area (Å²) in [6, 6.07) is 10.5. The molecular formula is C16H27NO. The van der Waals surface area contributed by atoms with Crippen molar-refractivity contribution in [1.82, 2.24) is 5.32 Å². The van der Waals surface area contributed by atoms with E-state index in [1.807, 2.05) is 30.3 Å². The Morgan fingerprint density at radius 2 is 1.83 bits per heavy atom. The smallest absolute Gasteiger partial charge is 0.119 e. The lowest BCUT2D eigenvalue weighted by molar-refractivity contribution is 0.250. The van der Waals surface area contributed by atoms with Crippen molar-refractivity contribution in [2.24, 2.45) is 5.92 Å². The van der Waals surface area contributed by atoms with Gasteiger partial charge in [0, 0.05) is 6.04 Å². The van der Waals surface area contributed by atoms with Crippen LogP contribution in [0.3, 0.4) is 0 Å². The van der Waals surface area contributed by atoms with E-state index in [0.29, 0.717) is 6.04 Å². The first-order valence-electron chi connectivity index (χ1n) is 7.13. The molecule has 18 heavy (non-hydrogen) atoms. The van der Waals surface area contributed by atoms with E-state index in [2.05, 4.69) is 26.1 Å². The second kappa shape index (κ2) is 8.98. The molecule has 1 N–H and O–H groups in total. The van der Waals surface area contributed by atoms with Crippen LogP contribution in [0.5, 0.6) is 5.75 Å². The van der Waals surface area contributed by atoms with Crippen molar-refractivity contribution in [1.29, 1.82) is 0 Å². The Labute approximate surface area is 112 Å². The van der Waals surface area contributed by atoms with E-state index < -0.39 is 0 Å². The normalized spacial score (nSPS) is 12.7. The number of benzene rings is 1. The van der Waals surface area contributed by atoms with Gasteiger partial charge in [-0.2, -0.15) is 0 Å². The zero-order valence-corrected chi connectivity index (χ0v) is 12.0. The van der Waals surface area contributed by atoms with E-state index in [1.54, 1.807) is 0 Å². The summed E-state index contributed by atoms with van der Waals surface area (Å²) in [5, 5.41) is 3.57. The maximum Gasteiger partial charge on any atom is 0.119 e. The summed E-state index contributed by atoms with van der Waals surface area (Å²) < 4.78 is 5.83. The maximum atomic E-state index is 5.83. The quantitative estimate of drug-likeness (QED) is 0.717. The number of ether oxygens (including phenoxy) is 1. The van der Waals surface area contributed by atoms with Gasteiger partial charge in [0.2, 0.25) is 0 Å². The molecule has 0 aliphatic carbocycles. The molecule has 2 heteroatoms. The third kappa shape index (κ3) is 6.65. The highest BCUT2D eigenvalue weighted by atomic mass is 16.5. The molecule has 1 aromatic rings. The average Bonchev–Trinajstić information content (AvgIpc) is 2.39. The Morgan fingerprint density at radius 3 is 2.44 bits per heavy atom. The third-order valence-corrected chi connectivity index (χ3v) is 2.97. The molecule has 1 atom stereocenters. The molecule has 0 bridgehead atoms. The molecule has 0 aliphatic rings. The highest BCUT2D eigenvalue weighted by Crippen LogP contribution is 2.11. The van der Waals surface area contributed by atoms with Crippen molar-refractivity contribution < 1.29 is 4.74 Å². The summed E-state index contributed by atoms with van der Waals surface area (Å²) in [5.74, 6) is 1.72. The van der Waals surface area contributed by atoms with Crippen LogP contribution in [0.2, 0.25) is 0 Å². The minimum atomic E-state index is 0.465. The minimum absolute atomic E-state index is 0.465. The van der Waals surface area contributed by atoms with Crippen LogP contribution >= 0.6 is 0 Å². The molecule has 0 radical (unpaired) electrons. The van der Waals surface area contributed by atoms with E-state index >= 15 is 0 Å². The third-order valence-electron chi connectivity index (χ3n) is 2.97. The fourth-order valence-corrected chi connectivity index (χ4v) is 1.84. The van der Waals surface area contributed by atoms with Crippen LogP contribution in [-0.4, -0.2) is 19.2 Å². The molecule has 0 saturated carbocycles. The molecule has 0 saturated heterocycles. The number of nitrogens with one attached hydrogen (secondary N) is 1. The Morgan fingerprint density at radius 1 is 1.11 bits per heavy atom. The van der Waals surface area contributed by atoms with Crippen LogP contribution in [0.4, 0.5) is 0 Å². The van der Waals surface area contributed by atoms with Gasteiger partial charge in [0.15, 0.2) is 0 Å². The fraction of sp³-hybridized carbons (Fsp3) is 0.625. The number of para-hydroxylation sites is 1. The van der Waals surface area contributed by atoms with Gasteiger partial charge in [-0.05, 0) is 43.9 Å². The van der Waals surface area contributed by atoms with Crippen LogP contribution in [-0.2, 0) is 0 Å². The molecule has 2 nitrogen and oxygen atoms in total. The van der Waals surface area contributed by atoms with Gasteiger partial charge in [-0.1, -0.05) is 39.0 Å². The minimum Gasteiger partial charge on any atom is -0.492 e. The molecule has 0 aromatic heterocycles. The van der Waals surface area contributed by atoms with Crippen LogP contribution in [0.25, 0.3) is 0 Å². The first-order chi connectivity index (χ1) is 8.72. The topological polar surface area (TPSA) is 21.3 Å². The first-order valence-corrected chi connectivity index (χ1v) is 7.13. The van der Waals surface area contributed by atoms with E-state index in [4.69, 9.17) is 4.74 Å². The van der Waals surface area contributed by atoms with Gasteiger partial charge in [0.05, 0.1) is 0 Å². The van der Waals surface area contributed by atoms with E-state index in [0.717, 1.165) is 24.8 Å². The molecule has 0 fully saturated rings. The van der Waals surface area contributed by atoms with Crippen molar-refractivity contribution in [3.63, 3.8) is 0 Å². The number of hydrogen-bond donors (Lipinski definition) is 1. The van der Waals surface area contributed by atoms with Crippen molar-refractivity contribution in [3.05, 3.63) is 30.3 Å². The standard InChI is InChI=1S/C16H27NO/c1-4-12-17-15(11-10-14(2)3)13-18-16-8-6-5-7-9-16/h5-9,14-15,17H,4,10-13H2,1-3H3. The van der Waals surface area contributed by atoms with Crippen molar-refractivity contribution in [2.75, 3.05) is 13.2 Å². The lowest BCUT2D eigenvalue weighted by atomic mass is 10.0. The molecule has 1 aromatic carbocycles. The summed E-state index contributed by atoms with van der Waals surface area (Å²) in [6.45, 7) is 8.58. The summed E-state index contributed by atoms with van der Waals surface area (Å²) >= 11 is 0. The van der Waals surface area contributed by atoms with Gasteiger partial charge < -0.3 is 10.1 Å². The predicted molar refractivity (Wildman–Crippen MR) is 78.1 cm³/mol. The highest BCUT2D eigenvalue weighted by Gasteiger charge is 2.09. The van der Waals surface area contributed by atoms with Crippen molar-refractivity contribution in [3.8, 4) is 5.75 Å². The highest BCUT2D eigenvalue weighted by molar-refractivity contribution is 5.20. The lowest BCUT2D eigenvalue weighted by Crippen LogP contribution is -2.35. The summed E-state index contributed by atoms with van der Waals surface area (Å²) in [6.07, 6.45) is 3.60. The van der Waals surface area contributed by atoms with Gasteiger partial charge in [-0.25, -0.2) is 0 Å². The van der Waals surface area contributed by atoms with Gasteiger partial charge in [-0.15, -0.1) is 0 Å². The van der Waals surface area contributed by atoms with Crippen molar-refractivity contribution in [2.45, 2.75) is 46.1 Å². The molecular weight excluding hydrogens is 222 g/mol. The van der Waals surface area contributed by atoms with Crippen LogP contribution < -0.4 is 10.1 Å².